The van der Waals surface area contributed by atoms with Crippen LogP contribution in [0.3, 0.4) is 0 Å². The standard InChI is InChI=1S/C23H31N3O3/c1-6-16(2)20-12-7-8-13-21(20)25-23(28)17(3)26(4)15-22(27)24-18-10-9-11-19(14-18)29-5/h7-14,16-17H,6,15H2,1-5H3,(H,24,27)(H,25,28)/p+1/t16-,17+/m1/s1. The zero-order chi connectivity index (χ0) is 21.4. The number of quaternary nitrogens is 1. The van der Waals surface area contributed by atoms with E-state index in [0.717, 1.165) is 22.6 Å². The number of carbonyl (C=O) groups excluding carboxylic acids is 2. The Morgan fingerprint density at radius 3 is 2.48 bits per heavy atom. The van der Waals surface area contributed by atoms with Crippen molar-refractivity contribution >= 4 is 23.2 Å². The number of nitrogens with one attached hydrogen (secondary N) is 3. The molecule has 2 rings (SSSR count). The summed E-state index contributed by atoms with van der Waals surface area (Å²) >= 11 is 0. The molecule has 0 aliphatic carbocycles. The van der Waals surface area contributed by atoms with E-state index in [0.29, 0.717) is 17.4 Å². The predicted octanol–water partition coefficient (Wildman–Crippen LogP) is 2.69. The van der Waals surface area contributed by atoms with Crippen LogP contribution in [0.1, 0.15) is 38.7 Å². The molecule has 0 spiro atoms. The minimum atomic E-state index is -0.379. The molecule has 0 aliphatic heterocycles. The van der Waals surface area contributed by atoms with Gasteiger partial charge in [0.15, 0.2) is 12.6 Å². The maximum Gasteiger partial charge on any atom is 0.282 e. The van der Waals surface area contributed by atoms with Crippen LogP contribution in [-0.2, 0) is 9.59 Å². The van der Waals surface area contributed by atoms with E-state index in [1.807, 2.05) is 50.4 Å². The van der Waals surface area contributed by atoms with Gasteiger partial charge in [-0.1, -0.05) is 38.1 Å². The second-order valence-electron chi connectivity index (χ2n) is 7.41. The minimum absolute atomic E-state index is 0.104. The van der Waals surface area contributed by atoms with Crippen molar-refractivity contribution < 1.29 is 19.2 Å². The van der Waals surface area contributed by atoms with Gasteiger partial charge in [-0.25, -0.2) is 0 Å². The fourth-order valence-electron chi connectivity index (χ4n) is 3.04. The summed E-state index contributed by atoms with van der Waals surface area (Å²) in [6, 6.07) is 14.7. The fourth-order valence-corrected chi connectivity index (χ4v) is 3.04. The molecule has 6 heteroatoms. The maximum absolute atomic E-state index is 12.8. The third-order valence-electron chi connectivity index (χ3n) is 5.29. The van der Waals surface area contributed by atoms with Crippen LogP contribution in [0, 0.1) is 0 Å². The van der Waals surface area contributed by atoms with E-state index >= 15 is 0 Å². The van der Waals surface area contributed by atoms with Crippen molar-refractivity contribution in [1.82, 2.24) is 0 Å². The molecule has 3 N–H and O–H groups in total. The number of anilines is 2. The average molecular weight is 399 g/mol. The van der Waals surface area contributed by atoms with Gasteiger partial charge in [-0.05, 0) is 43.0 Å². The molecule has 156 valence electrons. The molecule has 0 fully saturated rings. The number of hydrogen-bond acceptors (Lipinski definition) is 3. The number of amides is 2. The van der Waals surface area contributed by atoms with Crippen molar-refractivity contribution in [3.63, 3.8) is 0 Å². The van der Waals surface area contributed by atoms with Gasteiger partial charge in [-0.2, -0.15) is 0 Å². The molecule has 6 nitrogen and oxygen atoms in total. The Bertz CT molecular complexity index is 838. The summed E-state index contributed by atoms with van der Waals surface area (Å²) in [5.41, 5.74) is 2.64. The van der Waals surface area contributed by atoms with Crippen LogP contribution in [0.5, 0.6) is 5.75 Å². The van der Waals surface area contributed by atoms with Crippen molar-refractivity contribution in [2.24, 2.45) is 0 Å². The number of methoxy groups -OCH3 is 1. The number of carbonyl (C=O) groups is 2. The van der Waals surface area contributed by atoms with E-state index in [2.05, 4.69) is 24.5 Å². The third kappa shape index (κ3) is 6.32. The first kappa shape index (κ1) is 22.4. The Morgan fingerprint density at radius 1 is 1.07 bits per heavy atom. The van der Waals surface area contributed by atoms with Gasteiger partial charge in [0, 0.05) is 17.4 Å². The molecule has 0 aliphatic rings. The van der Waals surface area contributed by atoms with Crippen molar-refractivity contribution in [2.45, 2.75) is 39.2 Å². The first-order valence-electron chi connectivity index (χ1n) is 10.0. The Hall–Kier alpha value is -2.86. The molecule has 0 bridgehead atoms. The first-order valence-corrected chi connectivity index (χ1v) is 10.0. The first-order chi connectivity index (χ1) is 13.8. The average Bonchev–Trinajstić information content (AvgIpc) is 2.72. The van der Waals surface area contributed by atoms with Crippen LogP contribution in [0.25, 0.3) is 0 Å². The van der Waals surface area contributed by atoms with Crippen molar-refractivity contribution in [3.05, 3.63) is 54.1 Å². The van der Waals surface area contributed by atoms with Gasteiger partial charge in [0.25, 0.3) is 11.8 Å². The Balaban J connectivity index is 1.96. The van der Waals surface area contributed by atoms with Crippen molar-refractivity contribution in [3.8, 4) is 5.75 Å². The molecule has 0 aromatic heterocycles. The van der Waals surface area contributed by atoms with E-state index in [1.165, 1.54) is 0 Å². The van der Waals surface area contributed by atoms with Gasteiger partial charge in [0.1, 0.15) is 5.75 Å². The Kier molecular flexibility index (Phi) is 8.21. The smallest absolute Gasteiger partial charge is 0.282 e. The predicted molar refractivity (Wildman–Crippen MR) is 117 cm³/mol. The highest BCUT2D eigenvalue weighted by Crippen LogP contribution is 2.26. The van der Waals surface area contributed by atoms with E-state index in [1.54, 1.807) is 19.2 Å². The zero-order valence-electron chi connectivity index (χ0n) is 17.9. The SMILES string of the molecule is CC[C@@H](C)c1ccccc1NC(=O)[C@H](C)[NH+](C)CC(=O)Nc1cccc(OC)c1. The van der Waals surface area contributed by atoms with Gasteiger partial charge in [-0.3, -0.25) is 9.59 Å². The summed E-state index contributed by atoms with van der Waals surface area (Å²) in [6.07, 6.45) is 0.998. The third-order valence-corrected chi connectivity index (χ3v) is 5.29. The highest BCUT2D eigenvalue weighted by atomic mass is 16.5. The number of hydrogen-bond donors (Lipinski definition) is 3. The topological polar surface area (TPSA) is 71.9 Å². The van der Waals surface area contributed by atoms with Gasteiger partial charge in [0.2, 0.25) is 0 Å². The number of para-hydroxylation sites is 1. The lowest BCUT2D eigenvalue weighted by Gasteiger charge is -2.22. The molecular weight excluding hydrogens is 366 g/mol. The summed E-state index contributed by atoms with van der Waals surface area (Å²) in [5.74, 6) is 0.777. The lowest BCUT2D eigenvalue weighted by atomic mass is 9.97. The normalized spacial score (nSPS) is 13.8. The van der Waals surface area contributed by atoms with Crippen LogP contribution in [0.2, 0.25) is 0 Å². The quantitative estimate of drug-likeness (QED) is 0.608. The van der Waals surface area contributed by atoms with Crippen LogP contribution >= 0.6 is 0 Å². The van der Waals surface area contributed by atoms with Crippen molar-refractivity contribution in [2.75, 3.05) is 31.3 Å². The summed E-state index contributed by atoms with van der Waals surface area (Å²) in [5, 5.41) is 5.89. The summed E-state index contributed by atoms with van der Waals surface area (Å²) in [6.45, 7) is 6.29. The number of ether oxygens (including phenoxy) is 1. The minimum Gasteiger partial charge on any atom is -0.497 e. The summed E-state index contributed by atoms with van der Waals surface area (Å²) in [7, 11) is 3.43. The van der Waals surface area contributed by atoms with Gasteiger partial charge in [0.05, 0.1) is 14.2 Å². The molecule has 0 saturated heterocycles. The second-order valence-corrected chi connectivity index (χ2v) is 7.41. The summed E-state index contributed by atoms with van der Waals surface area (Å²) in [4.78, 5) is 26.0. The largest absolute Gasteiger partial charge is 0.497 e. The molecule has 2 amide bonds. The molecule has 29 heavy (non-hydrogen) atoms. The van der Waals surface area contributed by atoms with E-state index < -0.39 is 0 Å². The molecule has 0 heterocycles. The van der Waals surface area contributed by atoms with Crippen LogP contribution < -0.4 is 20.3 Å². The Labute approximate surface area is 173 Å². The molecular formula is C23H32N3O3+. The molecule has 0 saturated carbocycles. The van der Waals surface area contributed by atoms with E-state index in [9.17, 15) is 9.59 Å². The lowest BCUT2D eigenvalue weighted by molar-refractivity contribution is -0.885. The fraction of sp³-hybridized carbons (Fsp3) is 0.391. The monoisotopic (exact) mass is 398 g/mol. The number of benzene rings is 2. The molecule has 3 atom stereocenters. The van der Waals surface area contributed by atoms with Gasteiger partial charge >= 0.3 is 0 Å². The van der Waals surface area contributed by atoms with E-state index in [4.69, 9.17) is 4.74 Å². The van der Waals surface area contributed by atoms with Crippen LogP contribution in [0.4, 0.5) is 11.4 Å². The van der Waals surface area contributed by atoms with Crippen LogP contribution in [-0.4, -0.2) is 38.6 Å². The maximum atomic E-state index is 12.8. The van der Waals surface area contributed by atoms with E-state index in [-0.39, 0.29) is 24.4 Å². The van der Waals surface area contributed by atoms with Gasteiger partial charge < -0.3 is 20.3 Å². The molecule has 1 unspecified atom stereocenters. The Morgan fingerprint density at radius 2 is 1.79 bits per heavy atom. The zero-order valence-corrected chi connectivity index (χ0v) is 17.9. The van der Waals surface area contributed by atoms with Gasteiger partial charge in [-0.15, -0.1) is 0 Å². The highest BCUT2D eigenvalue weighted by Gasteiger charge is 2.25. The molecule has 2 aromatic rings. The summed E-state index contributed by atoms with van der Waals surface area (Å²) < 4.78 is 5.17. The number of rotatable bonds is 9. The number of likely N-dealkylation sites (N-methyl/N-ethyl adjacent to an activating group) is 1. The molecule has 0 radical (unpaired) electrons. The van der Waals surface area contributed by atoms with Crippen LogP contribution in [0.15, 0.2) is 48.5 Å². The molecule has 2 aromatic carbocycles. The highest BCUT2D eigenvalue weighted by molar-refractivity contribution is 5.95. The van der Waals surface area contributed by atoms with Crippen molar-refractivity contribution in [1.29, 1.82) is 0 Å². The lowest BCUT2D eigenvalue weighted by Crippen LogP contribution is -3.14. The second kappa shape index (κ2) is 10.6.